The van der Waals surface area contributed by atoms with Gasteiger partial charge in [0, 0.05) is 30.2 Å². The lowest BCUT2D eigenvalue weighted by Crippen LogP contribution is -2.29. The zero-order valence-corrected chi connectivity index (χ0v) is 20.3. The van der Waals surface area contributed by atoms with E-state index in [1.54, 1.807) is 30.3 Å². The van der Waals surface area contributed by atoms with Crippen molar-refractivity contribution in [3.63, 3.8) is 0 Å². The second-order valence-electron chi connectivity index (χ2n) is 8.27. The SMILES string of the molecule is COC(=O)c1c(S(=O)(=O)Nc2cc(C)cc(C)c2)sc2c1CCN(Cc1cccc(O)c1)C2. The van der Waals surface area contributed by atoms with Crippen LogP contribution < -0.4 is 4.72 Å². The van der Waals surface area contributed by atoms with Gasteiger partial charge >= 0.3 is 5.97 Å². The molecule has 2 N–H and O–H groups in total. The number of ether oxygens (including phenoxy) is 1. The molecule has 0 amide bonds. The van der Waals surface area contributed by atoms with Crippen LogP contribution >= 0.6 is 11.3 Å². The molecule has 0 fully saturated rings. The molecule has 7 nitrogen and oxygen atoms in total. The lowest BCUT2D eigenvalue weighted by molar-refractivity contribution is 0.0595. The second-order valence-corrected chi connectivity index (χ2v) is 11.3. The average Bonchev–Trinajstić information content (AvgIpc) is 3.12. The number of phenols is 1. The first-order chi connectivity index (χ1) is 15.7. The molecule has 1 aliphatic heterocycles. The number of phenolic OH excluding ortho intramolecular Hbond substituents is 1. The molecular formula is C24H26N2O5S2. The summed E-state index contributed by atoms with van der Waals surface area (Å²) in [5.74, 6) is -0.435. The van der Waals surface area contributed by atoms with Crippen LogP contribution in [0.3, 0.4) is 0 Å². The van der Waals surface area contributed by atoms with E-state index in [4.69, 9.17) is 4.74 Å². The van der Waals surface area contributed by atoms with Crippen LogP contribution in [0.1, 0.15) is 37.5 Å². The number of sulfonamides is 1. The van der Waals surface area contributed by atoms with Gasteiger partial charge in [0.15, 0.2) is 4.21 Å². The maximum absolute atomic E-state index is 13.3. The molecule has 2 heterocycles. The number of nitrogens with one attached hydrogen (secondary N) is 1. The summed E-state index contributed by atoms with van der Waals surface area (Å²) in [7, 11) is -2.73. The van der Waals surface area contributed by atoms with Crippen LogP contribution in [0.5, 0.6) is 5.75 Å². The molecule has 1 aromatic heterocycles. The molecule has 174 valence electrons. The first-order valence-electron chi connectivity index (χ1n) is 10.5. The number of nitrogens with zero attached hydrogens (tertiary/aromatic N) is 1. The van der Waals surface area contributed by atoms with Gasteiger partial charge in [0.05, 0.1) is 12.7 Å². The van der Waals surface area contributed by atoms with Crippen molar-refractivity contribution in [3.05, 3.63) is 75.2 Å². The Labute approximate surface area is 197 Å². The van der Waals surface area contributed by atoms with E-state index in [1.165, 1.54) is 7.11 Å². The predicted octanol–water partition coefficient (Wildman–Crippen LogP) is 4.22. The van der Waals surface area contributed by atoms with Crippen LogP contribution in [0.2, 0.25) is 0 Å². The Hall–Kier alpha value is -2.88. The highest BCUT2D eigenvalue weighted by atomic mass is 32.2. The molecule has 0 radical (unpaired) electrons. The van der Waals surface area contributed by atoms with Crippen molar-refractivity contribution in [3.8, 4) is 5.75 Å². The van der Waals surface area contributed by atoms with Crippen LogP contribution in [-0.4, -0.2) is 38.0 Å². The first kappa shape index (κ1) is 23.3. The standard InChI is InChI=1S/C24H26N2O5S2/c1-15-9-16(2)11-18(10-15)25-33(29,30)24-22(23(28)31-3)20-7-8-26(14-21(20)32-24)13-17-5-4-6-19(27)12-17/h4-6,9-12,25,27H,7-8,13-14H2,1-3H3. The zero-order chi connectivity index (χ0) is 23.8. The van der Waals surface area contributed by atoms with Gasteiger partial charge in [0.1, 0.15) is 5.75 Å². The lowest BCUT2D eigenvalue weighted by Gasteiger charge is -2.27. The Balaban J connectivity index is 1.67. The molecule has 0 saturated heterocycles. The molecule has 4 rings (SSSR count). The number of thiophene rings is 1. The molecular weight excluding hydrogens is 460 g/mol. The summed E-state index contributed by atoms with van der Waals surface area (Å²) in [6, 6.07) is 12.5. The summed E-state index contributed by atoms with van der Waals surface area (Å²) in [5, 5.41) is 9.73. The normalized spacial score (nSPS) is 14.0. The van der Waals surface area contributed by atoms with Gasteiger partial charge < -0.3 is 9.84 Å². The van der Waals surface area contributed by atoms with Crippen molar-refractivity contribution >= 4 is 33.0 Å². The van der Waals surface area contributed by atoms with Gasteiger partial charge in [0.2, 0.25) is 0 Å². The molecule has 0 aliphatic carbocycles. The molecule has 3 aromatic rings. The van der Waals surface area contributed by atoms with E-state index >= 15 is 0 Å². The Morgan fingerprint density at radius 1 is 1.18 bits per heavy atom. The van der Waals surface area contributed by atoms with Crippen molar-refractivity contribution in [1.29, 1.82) is 0 Å². The van der Waals surface area contributed by atoms with E-state index in [2.05, 4.69) is 9.62 Å². The number of rotatable bonds is 6. The van der Waals surface area contributed by atoms with E-state index in [0.29, 0.717) is 31.7 Å². The Morgan fingerprint density at radius 3 is 2.58 bits per heavy atom. The summed E-state index contributed by atoms with van der Waals surface area (Å²) in [4.78, 5) is 15.6. The minimum atomic E-state index is -3.99. The fourth-order valence-electron chi connectivity index (χ4n) is 4.21. The number of hydrogen-bond acceptors (Lipinski definition) is 7. The molecule has 0 unspecified atom stereocenters. The van der Waals surface area contributed by atoms with E-state index in [0.717, 1.165) is 38.5 Å². The number of aromatic hydroxyl groups is 1. The number of aryl methyl sites for hydroxylation is 2. The van der Waals surface area contributed by atoms with E-state index in [1.807, 2.05) is 26.0 Å². The van der Waals surface area contributed by atoms with E-state index < -0.39 is 16.0 Å². The monoisotopic (exact) mass is 486 g/mol. The van der Waals surface area contributed by atoms with Gasteiger partial charge in [-0.3, -0.25) is 9.62 Å². The van der Waals surface area contributed by atoms with Crippen LogP contribution in [0.4, 0.5) is 5.69 Å². The molecule has 0 atom stereocenters. The molecule has 9 heteroatoms. The topological polar surface area (TPSA) is 95.9 Å². The van der Waals surface area contributed by atoms with Crippen LogP contribution in [0.25, 0.3) is 0 Å². The summed E-state index contributed by atoms with van der Waals surface area (Å²) in [5.41, 5.74) is 4.17. The average molecular weight is 487 g/mol. The minimum absolute atomic E-state index is 0.0160. The molecule has 0 spiro atoms. The fourth-order valence-corrected chi connectivity index (χ4v) is 7.18. The Kier molecular flexibility index (Phi) is 6.47. The molecule has 2 aromatic carbocycles. The first-order valence-corrected chi connectivity index (χ1v) is 12.8. The fraction of sp³-hybridized carbons (Fsp3) is 0.292. The molecule has 1 aliphatic rings. The number of hydrogen-bond donors (Lipinski definition) is 2. The Morgan fingerprint density at radius 2 is 1.91 bits per heavy atom. The van der Waals surface area contributed by atoms with Crippen LogP contribution in [0.15, 0.2) is 46.7 Å². The summed E-state index contributed by atoms with van der Waals surface area (Å²) in [6.07, 6.45) is 0.536. The molecule has 33 heavy (non-hydrogen) atoms. The third kappa shape index (κ3) is 5.05. The highest BCUT2D eigenvalue weighted by molar-refractivity contribution is 7.94. The van der Waals surface area contributed by atoms with Gasteiger partial charge in [-0.25, -0.2) is 13.2 Å². The molecule has 0 saturated carbocycles. The highest BCUT2D eigenvalue weighted by Gasteiger charge is 2.34. The van der Waals surface area contributed by atoms with Gasteiger partial charge in [-0.15, -0.1) is 11.3 Å². The number of carbonyl (C=O) groups is 1. The maximum atomic E-state index is 13.3. The lowest BCUT2D eigenvalue weighted by atomic mass is 10.0. The Bertz CT molecular complexity index is 1290. The maximum Gasteiger partial charge on any atom is 0.340 e. The quantitative estimate of drug-likeness (QED) is 0.507. The number of anilines is 1. The smallest absolute Gasteiger partial charge is 0.340 e. The third-order valence-electron chi connectivity index (χ3n) is 5.53. The van der Waals surface area contributed by atoms with Crippen molar-refractivity contribution in [2.75, 3.05) is 18.4 Å². The van der Waals surface area contributed by atoms with Crippen molar-refractivity contribution in [2.45, 2.75) is 37.6 Å². The third-order valence-corrected chi connectivity index (χ3v) is 8.64. The van der Waals surface area contributed by atoms with Crippen molar-refractivity contribution < 1.29 is 23.1 Å². The van der Waals surface area contributed by atoms with Gasteiger partial charge in [0.25, 0.3) is 10.0 Å². The minimum Gasteiger partial charge on any atom is -0.508 e. The zero-order valence-electron chi connectivity index (χ0n) is 18.7. The number of esters is 1. The van der Waals surface area contributed by atoms with E-state index in [-0.39, 0.29) is 15.5 Å². The van der Waals surface area contributed by atoms with Gasteiger partial charge in [-0.2, -0.15) is 0 Å². The van der Waals surface area contributed by atoms with Gasteiger partial charge in [-0.1, -0.05) is 18.2 Å². The number of methoxy groups -OCH3 is 1. The largest absolute Gasteiger partial charge is 0.508 e. The summed E-state index contributed by atoms with van der Waals surface area (Å²) < 4.78 is 34.3. The predicted molar refractivity (Wildman–Crippen MR) is 128 cm³/mol. The van der Waals surface area contributed by atoms with Gasteiger partial charge in [-0.05, 0) is 66.8 Å². The number of benzene rings is 2. The number of carbonyl (C=O) groups excluding carboxylic acids is 1. The van der Waals surface area contributed by atoms with Crippen molar-refractivity contribution in [1.82, 2.24) is 4.90 Å². The number of fused-ring (bicyclic) bond motifs is 1. The highest BCUT2D eigenvalue weighted by Crippen LogP contribution is 2.38. The van der Waals surface area contributed by atoms with Crippen LogP contribution in [0, 0.1) is 13.8 Å². The van der Waals surface area contributed by atoms with Crippen LogP contribution in [-0.2, 0) is 34.3 Å². The summed E-state index contributed by atoms with van der Waals surface area (Å²) in [6.45, 7) is 5.58. The van der Waals surface area contributed by atoms with Crippen molar-refractivity contribution in [2.24, 2.45) is 0 Å². The van der Waals surface area contributed by atoms with E-state index in [9.17, 15) is 18.3 Å². The summed E-state index contributed by atoms with van der Waals surface area (Å²) >= 11 is 1.12. The molecule has 0 bridgehead atoms. The second kappa shape index (κ2) is 9.17.